The predicted octanol–water partition coefficient (Wildman–Crippen LogP) is 5.40. The van der Waals surface area contributed by atoms with E-state index in [9.17, 15) is 19.5 Å². The third-order valence-electron chi connectivity index (χ3n) is 9.60. The lowest BCUT2D eigenvalue weighted by Gasteiger charge is -2.35. The highest BCUT2D eigenvalue weighted by atomic mass is 16.6. The molecule has 1 amide bonds. The number of Topliss-reactive ketones (excluding diaryl/α,β-unsaturated/α-hetero) is 1. The van der Waals surface area contributed by atoms with Crippen LogP contribution in [0.15, 0.2) is 18.2 Å². The van der Waals surface area contributed by atoms with E-state index < -0.39 is 29.1 Å². The molecule has 5 rings (SSSR count). The van der Waals surface area contributed by atoms with Gasteiger partial charge in [-0.25, -0.2) is 9.97 Å². The monoisotopic (exact) mass is 579 g/mol. The third kappa shape index (κ3) is 6.11. The van der Waals surface area contributed by atoms with Crippen LogP contribution in [0.1, 0.15) is 92.2 Å². The minimum Gasteiger partial charge on any atom is -0.508 e. The number of ether oxygens (including phenoxy) is 2. The van der Waals surface area contributed by atoms with Crippen molar-refractivity contribution < 1.29 is 29.0 Å². The molecule has 9 nitrogen and oxygen atoms in total. The number of ketones is 1. The van der Waals surface area contributed by atoms with Crippen LogP contribution in [0.4, 0.5) is 0 Å². The summed E-state index contributed by atoms with van der Waals surface area (Å²) in [5.74, 6) is -0.780. The van der Waals surface area contributed by atoms with Crippen molar-refractivity contribution >= 4 is 28.7 Å². The molecule has 228 valence electrons. The van der Waals surface area contributed by atoms with Crippen LogP contribution >= 0.6 is 0 Å². The highest BCUT2D eigenvalue weighted by Crippen LogP contribution is 2.50. The smallest absolute Gasteiger partial charge is 0.307 e. The van der Waals surface area contributed by atoms with Gasteiger partial charge in [-0.3, -0.25) is 14.4 Å². The number of aromatic hydroxyl groups is 1. The Morgan fingerprint density at radius 1 is 1.14 bits per heavy atom. The Balaban J connectivity index is 1.54. The fourth-order valence-corrected chi connectivity index (χ4v) is 6.95. The fourth-order valence-electron chi connectivity index (χ4n) is 6.95. The Hall–Kier alpha value is -3.23. The van der Waals surface area contributed by atoms with Crippen LogP contribution < -0.4 is 4.74 Å². The molecule has 2 aromatic rings. The molecule has 2 bridgehead atoms. The summed E-state index contributed by atoms with van der Waals surface area (Å²) in [6.45, 7) is 11.6. The number of benzene rings is 1. The van der Waals surface area contributed by atoms with Crippen LogP contribution in [0, 0.1) is 23.2 Å². The lowest BCUT2D eigenvalue weighted by molar-refractivity contribution is -0.158. The second-order valence-corrected chi connectivity index (χ2v) is 13.8. The summed E-state index contributed by atoms with van der Waals surface area (Å²) in [7, 11) is 0. The molecule has 3 aliphatic rings. The molecule has 2 aliphatic heterocycles. The number of esters is 1. The number of phenolic OH excluding ortho intramolecular Hbond substituents is 1. The van der Waals surface area contributed by atoms with E-state index in [0.717, 1.165) is 37.8 Å². The number of hydrogen-bond donors (Lipinski definition) is 1. The lowest BCUT2D eigenvalue weighted by Crippen LogP contribution is -2.48. The Morgan fingerprint density at radius 3 is 2.60 bits per heavy atom. The summed E-state index contributed by atoms with van der Waals surface area (Å²) in [5, 5.41) is 10.1. The fraction of sp³-hybridized carbons (Fsp3) is 0.667. The Bertz CT molecular complexity index is 1370. The van der Waals surface area contributed by atoms with Crippen LogP contribution in [-0.4, -0.2) is 61.9 Å². The lowest BCUT2D eigenvalue weighted by atomic mass is 9.77. The van der Waals surface area contributed by atoms with Gasteiger partial charge in [-0.05, 0) is 63.5 Å². The van der Waals surface area contributed by atoms with Crippen LogP contribution in [0.2, 0.25) is 0 Å². The van der Waals surface area contributed by atoms with Crippen molar-refractivity contribution in [2.45, 2.75) is 111 Å². The molecule has 6 atom stereocenters. The first-order valence-electron chi connectivity index (χ1n) is 15.5. The zero-order valence-corrected chi connectivity index (χ0v) is 25.8. The van der Waals surface area contributed by atoms with Crippen LogP contribution in [-0.2, 0) is 25.5 Å². The minimum absolute atomic E-state index is 0.0299. The standard InChI is InChI=1S/C33H45N3O6/c1-7-22-27-18-36(29(22)19(2)37)31(40)23(32(3,4)5)16-28(39)42-33(6)17-20(33)11-9-8-10-12-25-30(41-27)35-26-15-21(38)13-14-24(26)34-25/h13-15,20,22-23,27,29,38H,7-12,16-18H2,1-6H3/t20-,22-,23-,27+,29-,33-/m1/s1. The van der Waals surface area contributed by atoms with Gasteiger partial charge in [0.15, 0.2) is 5.78 Å². The molecule has 42 heavy (non-hydrogen) atoms. The Morgan fingerprint density at radius 2 is 1.90 bits per heavy atom. The zero-order chi connectivity index (χ0) is 30.4. The molecular weight excluding hydrogens is 534 g/mol. The molecule has 1 N–H and O–H groups in total. The van der Waals surface area contributed by atoms with Gasteiger partial charge in [0.1, 0.15) is 23.1 Å². The van der Waals surface area contributed by atoms with Gasteiger partial charge in [0.25, 0.3) is 0 Å². The Kier molecular flexibility index (Phi) is 8.25. The van der Waals surface area contributed by atoms with Crippen molar-refractivity contribution in [3.8, 4) is 11.6 Å². The first-order chi connectivity index (χ1) is 19.8. The van der Waals surface area contributed by atoms with Crippen molar-refractivity contribution in [2.75, 3.05) is 6.54 Å². The van der Waals surface area contributed by atoms with Crippen molar-refractivity contribution in [1.29, 1.82) is 0 Å². The number of amides is 1. The number of phenols is 1. The molecule has 1 aromatic carbocycles. The molecule has 1 aliphatic carbocycles. The van der Waals surface area contributed by atoms with Crippen molar-refractivity contribution in [1.82, 2.24) is 14.9 Å². The van der Waals surface area contributed by atoms with E-state index in [-0.39, 0.29) is 42.3 Å². The Labute approximate surface area is 248 Å². The molecule has 3 heterocycles. The number of rotatable bonds is 2. The maximum Gasteiger partial charge on any atom is 0.307 e. The molecular formula is C33H45N3O6. The second-order valence-electron chi connectivity index (χ2n) is 13.8. The maximum atomic E-state index is 14.2. The van der Waals surface area contributed by atoms with E-state index in [2.05, 4.69) is 0 Å². The van der Waals surface area contributed by atoms with Gasteiger partial charge in [0.05, 0.1) is 36.0 Å². The highest BCUT2D eigenvalue weighted by molar-refractivity contribution is 5.91. The van der Waals surface area contributed by atoms with Gasteiger partial charge in [-0.1, -0.05) is 40.5 Å². The van der Waals surface area contributed by atoms with Gasteiger partial charge in [0.2, 0.25) is 11.8 Å². The van der Waals surface area contributed by atoms with E-state index in [0.29, 0.717) is 35.7 Å². The summed E-state index contributed by atoms with van der Waals surface area (Å²) < 4.78 is 12.6. The van der Waals surface area contributed by atoms with Crippen LogP contribution in [0.5, 0.6) is 11.6 Å². The number of carbonyl (C=O) groups is 3. The number of carbonyl (C=O) groups excluding carboxylic acids is 3. The average Bonchev–Trinajstić information content (AvgIpc) is 3.38. The number of aryl methyl sites for hydroxylation is 1. The van der Waals surface area contributed by atoms with Crippen molar-refractivity contribution in [3.05, 3.63) is 23.9 Å². The number of aromatic nitrogens is 2. The zero-order valence-electron chi connectivity index (χ0n) is 25.8. The predicted molar refractivity (Wildman–Crippen MR) is 158 cm³/mol. The second kappa shape index (κ2) is 11.5. The first-order valence-corrected chi connectivity index (χ1v) is 15.5. The normalized spacial score (nSPS) is 30.9. The van der Waals surface area contributed by atoms with Crippen molar-refractivity contribution in [3.63, 3.8) is 0 Å². The quantitative estimate of drug-likeness (QED) is 0.470. The van der Waals surface area contributed by atoms with Crippen LogP contribution in [0.25, 0.3) is 11.0 Å². The molecule has 9 heteroatoms. The minimum atomic E-state index is -0.665. The van der Waals surface area contributed by atoms with E-state index in [4.69, 9.17) is 19.4 Å². The SMILES string of the molecule is CC[C@@H]1[C@@H]2CN(C(=O)[C@H](C(C)(C)C)CC(=O)O[C@]3(C)C[C@H]3CCCCCc3nc4ccc(O)cc4nc3O2)[C@@H]1C(C)=O. The number of hydrogen-bond acceptors (Lipinski definition) is 8. The third-order valence-corrected chi connectivity index (χ3v) is 9.60. The largest absolute Gasteiger partial charge is 0.508 e. The molecule has 0 spiro atoms. The van der Waals surface area contributed by atoms with Gasteiger partial charge in [0, 0.05) is 17.9 Å². The van der Waals surface area contributed by atoms with Gasteiger partial charge in [-0.2, -0.15) is 0 Å². The summed E-state index contributed by atoms with van der Waals surface area (Å²) in [5.41, 5.74) is 0.946. The summed E-state index contributed by atoms with van der Waals surface area (Å²) in [6, 6.07) is 4.25. The summed E-state index contributed by atoms with van der Waals surface area (Å²) >= 11 is 0. The number of nitrogens with zero attached hydrogens (tertiary/aromatic N) is 3. The van der Waals surface area contributed by atoms with Crippen LogP contribution in [0.3, 0.4) is 0 Å². The van der Waals surface area contributed by atoms with E-state index in [1.54, 1.807) is 23.1 Å². The average molecular weight is 580 g/mol. The first kappa shape index (κ1) is 30.2. The molecule has 1 saturated heterocycles. The summed E-state index contributed by atoms with van der Waals surface area (Å²) in [6.07, 6.45) is 5.51. The van der Waals surface area contributed by atoms with Gasteiger partial charge >= 0.3 is 5.97 Å². The molecule has 2 fully saturated rings. The van der Waals surface area contributed by atoms with E-state index >= 15 is 0 Å². The van der Waals surface area contributed by atoms with Crippen molar-refractivity contribution in [2.24, 2.45) is 23.2 Å². The summed E-state index contributed by atoms with van der Waals surface area (Å²) in [4.78, 5) is 51.8. The van der Waals surface area contributed by atoms with E-state index in [1.807, 2.05) is 34.6 Å². The van der Waals surface area contributed by atoms with Gasteiger partial charge < -0.3 is 19.5 Å². The maximum absolute atomic E-state index is 14.2. The molecule has 0 radical (unpaired) electrons. The molecule has 1 aromatic heterocycles. The number of fused-ring (bicyclic) bond motifs is 5. The van der Waals surface area contributed by atoms with E-state index in [1.165, 1.54) is 6.92 Å². The van der Waals surface area contributed by atoms with Gasteiger partial charge in [-0.15, -0.1) is 0 Å². The molecule has 0 unspecified atom stereocenters. The topological polar surface area (TPSA) is 119 Å². The highest BCUT2D eigenvalue weighted by Gasteiger charge is 2.54. The molecule has 1 saturated carbocycles.